The number of hydrogen-bond donors (Lipinski definition) is 1. The highest BCUT2D eigenvalue weighted by atomic mass is 16.4. The van der Waals surface area contributed by atoms with Crippen LogP contribution in [0.15, 0.2) is 48.6 Å². The summed E-state index contributed by atoms with van der Waals surface area (Å²) < 4.78 is 0. The van der Waals surface area contributed by atoms with Gasteiger partial charge in [-0.05, 0) is 64.2 Å². The predicted molar refractivity (Wildman–Crippen MR) is 133 cm³/mol. The van der Waals surface area contributed by atoms with Crippen molar-refractivity contribution in [3.8, 4) is 0 Å². The zero-order chi connectivity index (χ0) is 22.0. The molecule has 0 radical (unpaired) electrons. The molecule has 0 aromatic rings. The van der Waals surface area contributed by atoms with E-state index in [9.17, 15) is 4.79 Å². The van der Waals surface area contributed by atoms with Gasteiger partial charge in [-0.25, -0.2) is 0 Å². The average Bonchev–Trinajstić information content (AvgIpc) is 2.73. The Morgan fingerprint density at radius 2 is 0.933 bits per heavy atom. The van der Waals surface area contributed by atoms with Gasteiger partial charge in [0.05, 0.1) is 0 Å². The largest absolute Gasteiger partial charge is 0.481 e. The highest BCUT2D eigenvalue weighted by molar-refractivity contribution is 5.66. The van der Waals surface area contributed by atoms with E-state index in [-0.39, 0.29) is 6.42 Å². The molecule has 2 nitrogen and oxygen atoms in total. The summed E-state index contributed by atoms with van der Waals surface area (Å²) >= 11 is 0. The van der Waals surface area contributed by atoms with Crippen molar-refractivity contribution in [3.05, 3.63) is 48.6 Å². The third-order valence-corrected chi connectivity index (χ3v) is 5.19. The number of carboxylic acids is 1. The Bertz CT molecular complexity index is 471. The molecular formula is C28H48O2. The van der Waals surface area contributed by atoms with Crippen molar-refractivity contribution in [3.63, 3.8) is 0 Å². The van der Waals surface area contributed by atoms with E-state index in [0.29, 0.717) is 0 Å². The highest BCUT2D eigenvalue weighted by Gasteiger charge is 1.93. The molecule has 0 aliphatic carbocycles. The summed E-state index contributed by atoms with van der Waals surface area (Å²) in [4.78, 5) is 10.4. The molecule has 0 heterocycles. The molecule has 0 unspecified atom stereocenters. The van der Waals surface area contributed by atoms with Crippen LogP contribution in [0.1, 0.15) is 122 Å². The minimum atomic E-state index is -0.699. The fraction of sp³-hybridized carbons (Fsp3) is 0.679. The summed E-state index contributed by atoms with van der Waals surface area (Å²) in [5.41, 5.74) is 0. The van der Waals surface area contributed by atoms with Crippen LogP contribution >= 0.6 is 0 Å². The fourth-order valence-corrected chi connectivity index (χ4v) is 3.31. The van der Waals surface area contributed by atoms with E-state index in [2.05, 4.69) is 55.5 Å². The van der Waals surface area contributed by atoms with Gasteiger partial charge in [-0.1, -0.05) is 100 Å². The fourth-order valence-electron chi connectivity index (χ4n) is 3.31. The van der Waals surface area contributed by atoms with E-state index in [1.54, 1.807) is 0 Å². The van der Waals surface area contributed by atoms with Crippen LogP contribution in [-0.4, -0.2) is 11.1 Å². The molecule has 0 spiro atoms. The zero-order valence-corrected chi connectivity index (χ0v) is 19.7. The number of carboxylic acid groups (broad SMARTS) is 1. The van der Waals surface area contributed by atoms with Crippen molar-refractivity contribution >= 4 is 5.97 Å². The quantitative estimate of drug-likeness (QED) is 0.108. The Morgan fingerprint density at radius 1 is 0.533 bits per heavy atom. The Morgan fingerprint density at radius 3 is 1.43 bits per heavy atom. The summed E-state index contributed by atoms with van der Waals surface area (Å²) in [7, 11) is 0. The molecule has 172 valence electrons. The second-order valence-corrected chi connectivity index (χ2v) is 8.21. The minimum absolute atomic E-state index is 0.276. The van der Waals surface area contributed by atoms with E-state index in [1.807, 2.05) is 0 Å². The van der Waals surface area contributed by atoms with Crippen LogP contribution in [0.3, 0.4) is 0 Å². The van der Waals surface area contributed by atoms with Crippen LogP contribution in [0.4, 0.5) is 0 Å². The Balaban J connectivity index is 3.26. The molecule has 0 aliphatic rings. The lowest BCUT2D eigenvalue weighted by Crippen LogP contribution is -1.92. The van der Waals surface area contributed by atoms with Crippen LogP contribution in [0.25, 0.3) is 0 Å². The van der Waals surface area contributed by atoms with Gasteiger partial charge in [-0.15, -0.1) is 0 Å². The standard InChI is InChI=1S/C28H48O2/c1-2-3-4-5-6-7-8-9-10-11-12-13-14-15-16-17-18-19-20-21-22-23-24-25-26-27-28(29)30/h7-10,19-20,23-24H,2-6,11-18,21-22,25-27H2,1H3,(H,29,30)/b8-7-,10-9-,20-19-,24-23-. The van der Waals surface area contributed by atoms with Crippen LogP contribution in [0.2, 0.25) is 0 Å². The molecule has 0 amide bonds. The summed E-state index contributed by atoms with van der Waals surface area (Å²) in [5, 5.41) is 8.56. The molecule has 0 aromatic heterocycles. The number of rotatable bonds is 22. The number of unbranched alkanes of at least 4 members (excludes halogenated alkanes) is 13. The molecule has 0 rings (SSSR count). The van der Waals surface area contributed by atoms with E-state index in [4.69, 9.17) is 5.11 Å². The number of hydrogen-bond acceptors (Lipinski definition) is 1. The molecule has 2 heteroatoms. The molecular weight excluding hydrogens is 368 g/mol. The maximum atomic E-state index is 10.4. The van der Waals surface area contributed by atoms with Gasteiger partial charge in [-0.3, -0.25) is 4.79 Å². The molecule has 0 fully saturated rings. The van der Waals surface area contributed by atoms with Crippen LogP contribution in [-0.2, 0) is 4.79 Å². The smallest absolute Gasteiger partial charge is 0.303 e. The molecule has 0 bridgehead atoms. The van der Waals surface area contributed by atoms with Gasteiger partial charge in [0.15, 0.2) is 0 Å². The van der Waals surface area contributed by atoms with Gasteiger partial charge in [0.2, 0.25) is 0 Å². The summed E-state index contributed by atoms with van der Waals surface area (Å²) in [5.74, 6) is -0.699. The van der Waals surface area contributed by atoms with Crippen LogP contribution in [0, 0.1) is 0 Å². The summed E-state index contributed by atoms with van der Waals surface area (Å²) in [6.45, 7) is 2.26. The second-order valence-electron chi connectivity index (χ2n) is 8.21. The van der Waals surface area contributed by atoms with Crippen molar-refractivity contribution in [1.29, 1.82) is 0 Å². The van der Waals surface area contributed by atoms with E-state index >= 15 is 0 Å². The second kappa shape index (κ2) is 25.5. The van der Waals surface area contributed by atoms with Crippen molar-refractivity contribution in [1.82, 2.24) is 0 Å². The van der Waals surface area contributed by atoms with Crippen LogP contribution in [0.5, 0.6) is 0 Å². The molecule has 0 atom stereocenters. The Labute approximate surface area is 187 Å². The molecule has 30 heavy (non-hydrogen) atoms. The molecule has 0 aliphatic heterocycles. The number of allylic oxidation sites excluding steroid dienone is 8. The lowest BCUT2D eigenvalue weighted by Gasteiger charge is -1.99. The zero-order valence-electron chi connectivity index (χ0n) is 19.7. The Hall–Kier alpha value is -1.57. The Kier molecular flexibility index (Phi) is 24.1. The summed E-state index contributed by atoms with van der Waals surface area (Å²) in [6.07, 6.45) is 39.2. The topological polar surface area (TPSA) is 37.3 Å². The van der Waals surface area contributed by atoms with Crippen molar-refractivity contribution < 1.29 is 9.90 Å². The summed E-state index contributed by atoms with van der Waals surface area (Å²) in [6, 6.07) is 0. The van der Waals surface area contributed by atoms with E-state index < -0.39 is 5.97 Å². The number of carbonyl (C=O) groups is 1. The minimum Gasteiger partial charge on any atom is -0.481 e. The lowest BCUT2D eigenvalue weighted by molar-refractivity contribution is -0.137. The van der Waals surface area contributed by atoms with Gasteiger partial charge in [0, 0.05) is 6.42 Å². The first kappa shape index (κ1) is 28.4. The average molecular weight is 417 g/mol. The molecule has 0 aromatic carbocycles. The maximum Gasteiger partial charge on any atom is 0.303 e. The van der Waals surface area contributed by atoms with Crippen LogP contribution < -0.4 is 0 Å². The van der Waals surface area contributed by atoms with Gasteiger partial charge in [-0.2, -0.15) is 0 Å². The van der Waals surface area contributed by atoms with Gasteiger partial charge >= 0.3 is 5.97 Å². The first-order valence-electron chi connectivity index (χ1n) is 12.6. The predicted octanol–water partition coefficient (Wildman–Crippen LogP) is 9.34. The van der Waals surface area contributed by atoms with Crippen molar-refractivity contribution in [2.75, 3.05) is 0 Å². The molecule has 0 saturated carbocycles. The number of aliphatic carboxylic acids is 1. The van der Waals surface area contributed by atoms with Crippen molar-refractivity contribution in [2.45, 2.75) is 122 Å². The maximum absolute atomic E-state index is 10.4. The lowest BCUT2D eigenvalue weighted by atomic mass is 10.1. The third kappa shape index (κ3) is 26.4. The van der Waals surface area contributed by atoms with Gasteiger partial charge in [0.25, 0.3) is 0 Å². The van der Waals surface area contributed by atoms with Gasteiger partial charge in [0.1, 0.15) is 0 Å². The molecule has 1 N–H and O–H groups in total. The third-order valence-electron chi connectivity index (χ3n) is 5.19. The first-order chi connectivity index (χ1) is 14.8. The SMILES string of the molecule is CCCCCC/C=C\C=C/CCCCCCCC/C=C\CC/C=C\CCCC(=O)O. The van der Waals surface area contributed by atoms with E-state index in [1.165, 1.54) is 83.5 Å². The normalized spacial score (nSPS) is 12.3. The highest BCUT2D eigenvalue weighted by Crippen LogP contribution is 2.10. The molecule has 0 saturated heterocycles. The van der Waals surface area contributed by atoms with E-state index in [0.717, 1.165) is 25.7 Å². The van der Waals surface area contributed by atoms with Crippen molar-refractivity contribution in [2.24, 2.45) is 0 Å². The monoisotopic (exact) mass is 416 g/mol. The first-order valence-corrected chi connectivity index (χ1v) is 12.6. The van der Waals surface area contributed by atoms with Gasteiger partial charge < -0.3 is 5.11 Å².